The van der Waals surface area contributed by atoms with Gasteiger partial charge in [-0.15, -0.1) is 11.3 Å². The zero-order valence-corrected chi connectivity index (χ0v) is 17.3. The third kappa shape index (κ3) is 5.93. The highest BCUT2D eigenvalue weighted by Crippen LogP contribution is 2.24. The summed E-state index contributed by atoms with van der Waals surface area (Å²) in [5, 5.41) is 5.32. The number of benzene rings is 2. The second-order valence-electron chi connectivity index (χ2n) is 6.34. The number of carbonyl (C=O) groups is 1. The van der Waals surface area contributed by atoms with Gasteiger partial charge in [0.1, 0.15) is 10.8 Å². The van der Waals surface area contributed by atoms with Crippen LogP contribution in [0.5, 0.6) is 0 Å². The third-order valence-electron chi connectivity index (χ3n) is 4.24. The number of hydrogen-bond donors (Lipinski definition) is 2. The molecule has 0 atom stereocenters. The van der Waals surface area contributed by atoms with Crippen LogP contribution in [0.3, 0.4) is 0 Å². The lowest BCUT2D eigenvalue weighted by atomic mass is 10.1. The Morgan fingerprint density at radius 2 is 1.79 bits per heavy atom. The summed E-state index contributed by atoms with van der Waals surface area (Å²) >= 11 is 1.39. The molecule has 0 spiro atoms. The summed E-state index contributed by atoms with van der Waals surface area (Å²) in [6.45, 7) is 0.225. The van der Waals surface area contributed by atoms with Crippen LogP contribution in [0.1, 0.15) is 16.8 Å². The van der Waals surface area contributed by atoms with Crippen molar-refractivity contribution in [1.82, 2.24) is 15.0 Å². The van der Waals surface area contributed by atoms with Gasteiger partial charge in [-0.3, -0.25) is 4.79 Å². The van der Waals surface area contributed by atoms with Gasteiger partial charge >= 0.3 is 0 Å². The van der Waals surface area contributed by atoms with Gasteiger partial charge in [0.25, 0.3) is 0 Å². The van der Waals surface area contributed by atoms with Crippen molar-refractivity contribution in [2.24, 2.45) is 0 Å². The van der Waals surface area contributed by atoms with Crippen LogP contribution in [-0.2, 0) is 33.5 Å². The van der Waals surface area contributed by atoms with Crippen molar-refractivity contribution < 1.29 is 17.6 Å². The molecule has 29 heavy (non-hydrogen) atoms. The first-order valence-electron chi connectivity index (χ1n) is 8.81. The Bertz CT molecular complexity index is 1100. The Kier molecular flexibility index (Phi) is 6.73. The van der Waals surface area contributed by atoms with Crippen molar-refractivity contribution >= 4 is 27.3 Å². The number of sulfonamides is 1. The Hall–Kier alpha value is -2.62. The molecule has 152 valence electrons. The highest BCUT2D eigenvalue weighted by atomic mass is 32.2. The number of amides is 1. The van der Waals surface area contributed by atoms with Crippen molar-refractivity contribution in [3.63, 3.8) is 0 Å². The van der Waals surface area contributed by atoms with Gasteiger partial charge in [-0.25, -0.2) is 22.5 Å². The van der Waals surface area contributed by atoms with E-state index in [1.807, 2.05) is 0 Å². The van der Waals surface area contributed by atoms with Gasteiger partial charge in [-0.1, -0.05) is 24.3 Å². The molecule has 0 aliphatic rings. The summed E-state index contributed by atoms with van der Waals surface area (Å²) in [6.07, 6.45) is 0.106. The molecule has 3 rings (SSSR count). The standard InChI is InChI=1S/C20H20FN3O3S2/c1-22-29(26,27)13-16-5-3-2-4-15(16)11-23-19(25)10-18-12-28-20(24-18)14-6-8-17(21)9-7-14/h2-9,12,22H,10-11,13H2,1H3,(H,23,25). The summed E-state index contributed by atoms with van der Waals surface area (Å²) in [5.41, 5.74) is 2.79. The van der Waals surface area contributed by atoms with Gasteiger partial charge in [0.2, 0.25) is 15.9 Å². The molecule has 0 radical (unpaired) electrons. The molecule has 0 aliphatic carbocycles. The molecule has 0 fully saturated rings. The number of carbonyl (C=O) groups excluding carboxylic acids is 1. The molecule has 0 saturated carbocycles. The van der Waals surface area contributed by atoms with Gasteiger partial charge in [-0.05, 0) is 42.4 Å². The van der Waals surface area contributed by atoms with Gasteiger partial charge < -0.3 is 5.32 Å². The van der Waals surface area contributed by atoms with E-state index in [9.17, 15) is 17.6 Å². The van der Waals surface area contributed by atoms with Crippen molar-refractivity contribution in [3.05, 3.63) is 76.5 Å². The van der Waals surface area contributed by atoms with Crippen LogP contribution in [0.2, 0.25) is 0 Å². The molecule has 2 N–H and O–H groups in total. The molecule has 6 nitrogen and oxygen atoms in total. The molecule has 1 amide bonds. The van der Waals surface area contributed by atoms with Gasteiger partial charge in [0.05, 0.1) is 17.9 Å². The molecule has 2 aromatic carbocycles. The molecule has 9 heteroatoms. The fourth-order valence-electron chi connectivity index (χ4n) is 2.68. The maximum Gasteiger partial charge on any atom is 0.226 e. The van der Waals surface area contributed by atoms with E-state index in [1.54, 1.807) is 41.8 Å². The van der Waals surface area contributed by atoms with E-state index in [0.717, 1.165) is 16.1 Å². The Labute approximate surface area is 172 Å². The van der Waals surface area contributed by atoms with Crippen molar-refractivity contribution in [1.29, 1.82) is 0 Å². The van der Waals surface area contributed by atoms with E-state index in [0.29, 0.717) is 11.3 Å². The summed E-state index contributed by atoms with van der Waals surface area (Å²) in [6, 6.07) is 13.1. The van der Waals surface area contributed by atoms with E-state index in [1.165, 1.54) is 30.5 Å². The quantitative estimate of drug-likeness (QED) is 0.572. The lowest BCUT2D eigenvalue weighted by Gasteiger charge is -2.10. The summed E-state index contributed by atoms with van der Waals surface area (Å²) in [7, 11) is -2.03. The summed E-state index contributed by atoms with van der Waals surface area (Å²) < 4.78 is 39.0. The second-order valence-corrected chi connectivity index (χ2v) is 9.12. The van der Waals surface area contributed by atoms with Crippen molar-refractivity contribution in [2.45, 2.75) is 18.7 Å². The number of halogens is 1. The van der Waals surface area contributed by atoms with Crippen LogP contribution in [-0.4, -0.2) is 26.4 Å². The number of aromatic nitrogens is 1. The summed E-state index contributed by atoms with van der Waals surface area (Å²) in [5.74, 6) is -0.678. The average Bonchev–Trinajstić information content (AvgIpc) is 3.16. The number of hydrogen-bond acceptors (Lipinski definition) is 5. The zero-order valence-electron chi connectivity index (χ0n) is 15.7. The maximum atomic E-state index is 13.0. The highest BCUT2D eigenvalue weighted by molar-refractivity contribution is 7.88. The minimum Gasteiger partial charge on any atom is -0.352 e. The highest BCUT2D eigenvalue weighted by Gasteiger charge is 2.13. The number of thiazole rings is 1. The van der Waals surface area contributed by atoms with Gasteiger partial charge in [-0.2, -0.15) is 0 Å². The number of nitrogens with zero attached hydrogens (tertiary/aromatic N) is 1. The molecular formula is C20H20FN3O3S2. The molecule has 0 bridgehead atoms. The molecular weight excluding hydrogens is 413 g/mol. The molecule has 0 aliphatic heterocycles. The minimum atomic E-state index is -3.40. The number of rotatable bonds is 8. The van der Waals surface area contributed by atoms with E-state index >= 15 is 0 Å². The molecule has 3 aromatic rings. The van der Waals surface area contributed by atoms with E-state index in [4.69, 9.17) is 0 Å². The van der Waals surface area contributed by atoms with Crippen LogP contribution >= 0.6 is 11.3 Å². The maximum absolute atomic E-state index is 13.0. The topological polar surface area (TPSA) is 88.2 Å². The average molecular weight is 434 g/mol. The Morgan fingerprint density at radius 1 is 1.10 bits per heavy atom. The predicted molar refractivity (Wildman–Crippen MR) is 111 cm³/mol. The van der Waals surface area contributed by atoms with Crippen LogP contribution in [0.15, 0.2) is 53.9 Å². The number of nitrogens with one attached hydrogen (secondary N) is 2. The van der Waals surface area contributed by atoms with E-state index in [2.05, 4.69) is 15.0 Å². The lowest BCUT2D eigenvalue weighted by molar-refractivity contribution is -0.120. The van der Waals surface area contributed by atoms with Crippen molar-refractivity contribution in [2.75, 3.05) is 7.05 Å². The molecule has 0 saturated heterocycles. The first-order chi connectivity index (χ1) is 13.9. The Balaban J connectivity index is 1.61. The van der Waals surface area contributed by atoms with Crippen LogP contribution in [0.25, 0.3) is 10.6 Å². The molecule has 1 aromatic heterocycles. The predicted octanol–water partition coefficient (Wildman–Crippen LogP) is 2.86. The SMILES string of the molecule is CNS(=O)(=O)Cc1ccccc1CNC(=O)Cc1csc(-c2ccc(F)cc2)n1. The van der Waals surface area contributed by atoms with Crippen LogP contribution < -0.4 is 10.0 Å². The van der Waals surface area contributed by atoms with Gasteiger partial charge in [0, 0.05) is 17.5 Å². The van der Waals surface area contributed by atoms with Gasteiger partial charge in [0.15, 0.2) is 0 Å². The second kappa shape index (κ2) is 9.25. The monoisotopic (exact) mass is 433 g/mol. The van der Waals surface area contributed by atoms with Crippen molar-refractivity contribution in [3.8, 4) is 10.6 Å². The molecule has 0 unspecified atom stereocenters. The van der Waals surface area contributed by atoms with Crippen LogP contribution in [0.4, 0.5) is 4.39 Å². The normalized spacial score (nSPS) is 11.4. The molecule has 1 heterocycles. The summed E-state index contributed by atoms with van der Waals surface area (Å²) in [4.78, 5) is 16.7. The fourth-order valence-corrected chi connectivity index (χ4v) is 4.34. The zero-order chi connectivity index (χ0) is 20.9. The first kappa shape index (κ1) is 21.1. The van der Waals surface area contributed by atoms with E-state index in [-0.39, 0.29) is 30.4 Å². The fraction of sp³-hybridized carbons (Fsp3) is 0.200. The largest absolute Gasteiger partial charge is 0.352 e. The first-order valence-corrected chi connectivity index (χ1v) is 11.3. The Morgan fingerprint density at radius 3 is 2.48 bits per heavy atom. The minimum absolute atomic E-state index is 0.106. The van der Waals surface area contributed by atoms with E-state index < -0.39 is 10.0 Å². The third-order valence-corrected chi connectivity index (χ3v) is 6.49. The lowest BCUT2D eigenvalue weighted by Crippen LogP contribution is -2.26. The smallest absolute Gasteiger partial charge is 0.226 e. The van der Waals surface area contributed by atoms with Crippen LogP contribution in [0, 0.1) is 5.82 Å².